The Balaban J connectivity index is 3.00. The van der Waals surface area contributed by atoms with Gasteiger partial charge in [0.1, 0.15) is 17.6 Å². The molecule has 1 aromatic carbocycles. The van der Waals surface area contributed by atoms with E-state index >= 15 is 0 Å². The molecule has 0 aliphatic heterocycles. The van der Waals surface area contributed by atoms with Crippen LogP contribution in [0.5, 0.6) is 0 Å². The van der Waals surface area contributed by atoms with Crippen molar-refractivity contribution in [2.24, 2.45) is 0 Å². The molecule has 0 saturated carbocycles. The highest BCUT2D eigenvalue weighted by Gasteiger charge is 2.08. The molecule has 0 saturated heterocycles. The SMILES string of the molecule is N#Cc1ncc(Br)c2c(F)cccc12. The maximum absolute atomic E-state index is 13.4. The second-order valence-corrected chi connectivity index (χ2v) is 3.58. The minimum atomic E-state index is -0.353. The number of fused-ring (bicyclic) bond motifs is 1. The largest absolute Gasteiger partial charge is 0.244 e. The van der Waals surface area contributed by atoms with Gasteiger partial charge >= 0.3 is 0 Å². The Morgan fingerprint density at radius 1 is 1.43 bits per heavy atom. The summed E-state index contributed by atoms with van der Waals surface area (Å²) in [5.74, 6) is -0.353. The second-order valence-electron chi connectivity index (χ2n) is 2.73. The predicted molar refractivity (Wildman–Crippen MR) is 54.1 cm³/mol. The van der Waals surface area contributed by atoms with Crippen molar-refractivity contribution in [2.45, 2.75) is 0 Å². The fraction of sp³-hybridized carbons (Fsp3) is 0. The van der Waals surface area contributed by atoms with Crippen LogP contribution >= 0.6 is 15.9 Å². The Kier molecular flexibility index (Phi) is 2.18. The van der Waals surface area contributed by atoms with E-state index in [2.05, 4.69) is 20.9 Å². The number of halogens is 2. The number of hydrogen-bond donors (Lipinski definition) is 0. The maximum atomic E-state index is 13.4. The van der Waals surface area contributed by atoms with Crippen molar-refractivity contribution in [3.63, 3.8) is 0 Å². The lowest BCUT2D eigenvalue weighted by molar-refractivity contribution is 0.639. The molecule has 0 aliphatic carbocycles. The van der Waals surface area contributed by atoms with E-state index in [0.29, 0.717) is 15.2 Å². The molecule has 2 aromatic rings. The Bertz CT molecular complexity index is 537. The van der Waals surface area contributed by atoms with Gasteiger partial charge in [0.2, 0.25) is 0 Å². The summed E-state index contributed by atoms with van der Waals surface area (Å²) < 4.78 is 14.0. The predicted octanol–water partition coefficient (Wildman–Crippen LogP) is 3.01. The van der Waals surface area contributed by atoms with Crippen molar-refractivity contribution >= 4 is 26.7 Å². The van der Waals surface area contributed by atoms with Crippen LogP contribution in [-0.4, -0.2) is 4.98 Å². The molecule has 0 aliphatic rings. The summed E-state index contributed by atoms with van der Waals surface area (Å²) in [7, 11) is 0. The molecule has 1 aromatic heterocycles. The second kappa shape index (κ2) is 3.35. The van der Waals surface area contributed by atoms with E-state index in [1.54, 1.807) is 12.1 Å². The molecule has 1 heterocycles. The van der Waals surface area contributed by atoms with E-state index in [9.17, 15) is 4.39 Å². The number of aromatic nitrogens is 1. The first-order valence-corrected chi connectivity index (χ1v) is 4.66. The van der Waals surface area contributed by atoms with Gasteiger partial charge in [-0.1, -0.05) is 12.1 Å². The third kappa shape index (κ3) is 1.26. The first kappa shape index (κ1) is 9.10. The molecule has 2 nitrogen and oxygen atoms in total. The molecule has 4 heteroatoms. The summed E-state index contributed by atoms with van der Waals surface area (Å²) in [5.41, 5.74) is 0.239. The van der Waals surface area contributed by atoms with E-state index in [1.807, 2.05) is 6.07 Å². The van der Waals surface area contributed by atoms with Crippen molar-refractivity contribution in [3.8, 4) is 6.07 Å². The molecular weight excluding hydrogens is 247 g/mol. The Labute approximate surface area is 88.1 Å². The average molecular weight is 251 g/mol. The van der Waals surface area contributed by atoms with Crippen LogP contribution in [0.25, 0.3) is 10.8 Å². The number of nitrogens with zero attached hydrogens (tertiary/aromatic N) is 2. The summed E-state index contributed by atoms with van der Waals surface area (Å²) in [4.78, 5) is 3.89. The lowest BCUT2D eigenvalue weighted by atomic mass is 10.1. The topological polar surface area (TPSA) is 36.7 Å². The van der Waals surface area contributed by atoms with Gasteiger partial charge in [0, 0.05) is 21.4 Å². The highest BCUT2D eigenvalue weighted by molar-refractivity contribution is 9.10. The molecule has 0 amide bonds. The molecule has 0 radical (unpaired) electrons. The molecule has 0 unspecified atom stereocenters. The number of benzene rings is 1. The first-order chi connectivity index (χ1) is 6.74. The summed E-state index contributed by atoms with van der Waals surface area (Å²) >= 11 is 3.20. The van der Waals surface area contributed by atoms with Crippen LogP contribution < -0.4 is 0 Å². The Hall–Kier alpha value is -1.47. The van der Waals surface area contributed by atoms with Crippen LogP contribution in [0.3, 0.4) is 0 Å². The molecule has 0 N–H and O–H groups in total. The van der Waals surface area contributed by atoms with Gasteiger partial charge in [0.15, 0.2) is 0 Å². The van der Waals surface area contributed by atoms with Crippen molar-refractivity contribution in [1.82, 2.24) is 4.98 Å². The van der Waals surface area contributed by atoms with Gasteiger partial charge in [0.25, 0.3) is 0 Å². The fourth-order valence-corrected chi connectivity index (χ4v) is 1.81. The van der Waals surface area contributed by atoms with E-state index in [4.69, 9.17) is 5.26 Å². The van der Waals surface area contributed by atoms with E-state index < -0.39 is 0 Å². The number of hydrogen-bond acceptors (Lipinski definition) is 2. The average Bonchev–Trinajstić information content (AvgIpc) is 2.18. The van der Waals surface area contributed by atoms with E-state index in [1.165, 1.54) is 12.3 Å². The summed E-state index contributed by atoms with van der Waals surface area (Å²) in [6, 6.07) is 6.52. The van der Waals surface area contributed by atoms with Gasteiger partial charge in [-0.25, -0.2) is 9.37 Å². The van der Waals surface area contributed by atoms with E-state index in [0.717, 1.165) is 0 Å². The maximum Gasteiger partial charge on any atom is 0.148 e. The van der Waals surface area contributed by atoms with Crippen molar-refractivity contribution in [2.75, 3.05) is 0 Å². The number of nitriles is 1. The molecule has 0 spiro atoms. The summed E-state index contributed by atoms with van der Waals surface area (Å²) in [6.45, 7) is 0. The van der Waals surface area contributed by atoms with Crippen LogP contribution in [-0.2, 0) is 0 Å². The molecule has 0 bridgehead atoms. The summed E-state index contributed by atoms with van der Waals surface area (Å²) in [5, 5.41) is 9.70. The zero-order valence-electron chi connectivity index (χ0n) is 6.96. The van der Waals surface area contributed by atoms with Gasteiger partial charge in [-0.05, 0) is 22.0 Å². The van der Waals surface area contributed by atoms with Crippen LogP contribution in [0.1, 0.15) is 5.69 Å². The smallest absolute Gasteiger partial charge is 0.148 e. The number of rotatable bonds is 0. The Morgan fingerprint density at radius 2 is 2.21 bits per heavy atom. The lowest BCUT2D eigenvalue weighted by Crippen LogP contribution is -1.88. The monoisotopic (exact) mass is 250 g/mol. The van der Waals surface area contributed by atoms with Gasteiger partial charge in [-0.2, -0.15) is 5.26 Å². The van der Waals surface area contributed by atoms with Crippen LogP contribution in [0.15, 0.2) is 28.9 Å². The summed E-state index contributed by atoms with van der Waals surface area (Å²) in [6.07, 6.45) is 1.43. The van der Waals surface area contributed by atoms with Crippen molar-refractivity contribution in [3.05, 3.63) is 40.4 Å². The minimum absolute atomic E-state index is 0.239. The molecule has 0 atom stereocenters. The zero-order chi connectivity index (χ0) is 10.1. The van der Waals surface area contributed by atoms with Crippen LogP contribution in [0, 0.1) is 17.1 Å². The third-order valence-electron chi connectivity index (χ3n) is 1.92. The molecule has 68 valence electrons. The van der Waals surface area contributed by atoms with Gasteiger partial charge in [-0.3, -0.25) is 0 Å². The molecular formula is C10H4BrFN2. The van der Waals surface area contributed by atoms with Crippen molar-refractivity contribution in [1.29, 1.82) is 5.26 Å². The first-order valence-electron chi connectivity index (χ1n) is 3.87. The highest BCUT2D eigenvalue weighted by Crippen LogP contribution is 2.27. The fourth-order valence-electron chi connectivity index (χ4n) is 1.31. The molecule has 0 fully saturated rings. The molecule has 2 rings (SSSR count). The van der Waals surface area contributed by atoms with E-state index in [-0.39, 0.29) is 11.5 Å². The van der Waals surface area contributed by atoms with Gasteiger partial charge < -0.3 is 0 Å². The van der Waals surface area contributed by atoms with Gasteiger partial charge in [-0.15, -0.1) is 0 Å². The quantitative estimate of drug-likeness (QED) is 0.721. The molecule has 14 heavy (non-hydrogen) atoms. The lowest BCUT2D eigenvalue weighted by Gasteiger charge is -2.02. The minimum Gasteiger partial charge on any atom is -0.244 e. The third-order valence-corrected chi connectivity index (χ3v) is 2.52. The van der Waals surface area contributed by atoms with Crippen LogP contribution in [0.2, 0.25) is 0 Å². The zero-order valence-corrected chi connectivity index (χ0v) is 8.55. The normalized spacial score (nSPS) is 10.1. The van der Waals surface area contributed by atoms with Crippen LogP contribution in [0.4, 0.5) is 4.39 Å². The standard InChI is InChI=1S/C10H4BrFN2/c11-7-5-14-9(4-13)6-2-1-3-8(12)10(6)7/h1-3,5H. The number of pyridine rings is 1. The highest BCUT2D eigenvalue weighted by atomic mass is 79.9. The van der Waals surface area contributed by atoms with Crippen molar-refractivity contribution < 1.29 is 4.39 Å². The van der Waals surface area contributed by atoms with Gasteiger partial charge in [0.05, 0.1) is 0 Å². The Morgan fingerprint density at radius 3 is 2.93 bits per heavy atom.